The second-order valence-corrected chi connectivity index (χ2v) is 7.13. The molecule has 1 amide bonds. The molecule has 1 rings (SSSR count). The van der Waals surface area contributed by atoms with Gasteiger partial charge in [0.05, 0.1) is 0 Å². The molecule has 156 valence electrons. The highest BCUT2D eigenvalue weighted by Crippen LogP contribution is 2.15. The minimum absolute atomic E-state index is 0.0282. The molecule has 0 aliphatic heterocycles. The van der Waals surface area contributed by atoms with Gasteiger partial charge in [0.2, 0.25) is 0 Å². The van der Waals surface area contributed by atoms with Gasteiger partial charge < -0.3 is 20.5 Å². The lowest BCUT2D eigenvalue weighted by Crippen LogP contribution is -2.33. The number of ether oxygens (including phenoxy) is 2. The first-order valence-corrected chi connectivity index (χ1v) is 9.95. The minimum Gasteiger partial charge on any atom is -0.458 e. The molecule has 1 aromatic rings. The van der Waals surface area contributed by atoms with Crippen molar-refractivity contribution in [1.29, 1.82) is 0 Å². The van der Waals surface area contributed by atoms with E-state index in [1.165, 1.54) is 18.4 Å². The summed E-state index contributed by atoms with van der Waals surface area (Å²) in [5.41, 5.74) is 6.75. The van der Waals surface area contributed by atoms with Crippen LogP contribution in [0, 0.1) is 5.92 Å². The Balaban J connectivity index is 2.44. The molecule has 0 saturated heterocycles. The van der Waals surface area contributed by atoms with Crippen LogP contribution in [0.25, 0.3) is 0 Å². The van der Waals surface area contributed by atoms with E-state index in [1.807, 2.05) is 6.07 Å². The molecule has 6 nitrogen and oxygen atoms in total. The largest absolute Gasteiger partial charge is 0.458 e. The third kappa shape index (κ3) is 10.7. The highest BCUT2D eigenvalue weighted by Gasteiger charge is 2.16. The molecule has 0 spiro atoms. The number of benzene rings is 1. The average Bonchev–Trinajstić information content (AvgIpc) is 2.67. The topological polar surface area (TPSA) is 90.7 Å². The molecule has 0 radical (unpaired) electrons. The summed E-state index contributed by atoms with van der Waals surface area (Å²) >= 11 is 0. The zero-order valence-corrected chi connectivity index (χ0v) is 17.1. The number of esters is 1. The molecular formula is C22H34N2O4. The lowest BCUT2D eigenvalue weighted by molar-refractivity contribution is -0.142. The van der Waals surface area contributed by atoms with Gasteiger partial charge >= 0.3 is 12.1 Å². The predicted octanol–water partition coefficient (Wildman–Crippen LogP) is 3.60. The van der Waals surface area contributed by atoms with Crippen molar-refractivity contribution in [2.75, 3.05) is 19.7 Å². The van der Waals surface area contributed by atoms with E-state index in [-0.39, 0.29) is 6.61 Å². The fourth-order valence-electron chi connectivity index (χ4n) is 2.92. The summed E-state index contributed by atoms with van der Waals surface area (Å²) in [5.74, 6) is 0.0348. The second-order valence-electron chi connectivity index (χ2n) is 7.13. The van der Waals surface area contributed by atoms with Gasteiger partial charge in [-0.2, -0.15) is 0 Å². The van der Waals surface area contributed by atoms with Crippen LogP contribution in [0.4, 0.5) is 4.79 Å². The molecule has 0 fully saturated rings. The Kier molecular flexibility index (Phi) is 11.7. The van der Waals surface area contributed by atoms with Crippen molar-refractivity contribution in [1.82, 2.24) is 5.32 Å². The molecule has 0 aromatic heterocycles. The van der Waals surface area contributed by atoms with E-state index in [9.17, 15) is 9.59 Å². The highest BCUT2D eigenvalue weighted by atomic mass is 16.6. The Morgan fingerprint density at radius 3 is 2.54 bits per heavy atom. The Morgan fingerprint density at radius 2 is 1.93 bits per heavy atom. The molecule has 0 saturated carbocycles. The van der Waals surface area contributed by atoms with Crippen molar-refractivity contribution in [2.45, 2.75) is 52.1 Å². The highest BCUT2D eigenvalue weighted by molar-refractivity contribution is 5.86. The van der Waals surface area contributed by atoms with Gasteiger partial charge in [-0.3, -0.25) is 0 Å². The zero-order valence-electron chi connectivity index (χ0n) is 17.1. The number of rotatable bonds is 14. The Morgan fingerprint density at radius 1 is 1.21 bits per heavy atom. The van der Waals surface area contributed by atoms with Crippen LogP contribution >= 0.6 is 0 Å². The van der Waals surface area contributed by atoms with Gasteiger partial charge in [-0.05, 0) is 44.3 Å². The lowest BCUT2D eigenvalue weighted by Gasteiger charge is -2.20. The first-order chi connectivity index (χ1) is 13.4. The van der Waals surface area contributed by atoms with Crippen LogP contribution in [0.3, 0.4) is 0 Å². The van der Waals surface area contributed by atoms with Gasteiger partial charge in [0.15, 0.2) is 0 Å². The number of amides is 1. The quantitative estimate of drug-likeness (QED) is 0.288. The number of carbonyl (C=O) groups excluding carboxylic acids is 2. The molecule has 6 heteroatoms. The third-order valence-corrected chi connectivity index (χ3v) is 4.44. The number of hydrogen-bond acceptors (Lipinski definition) is 5. The first-order valence-electron chi connectivity index (χ1n) is 9.95. The minimum atomic E-state index is -0.874. The molecule has 0 heterocycles. The molecular weight excluding hydrogens is 356 g/mol. The number of carbonyl (C=O) groups is 2. The van der Waals surface area contributed by atoms with E-state index in [0.717, 1.165) is 19.4 Å². The Bertz CT molecular complexity index is 604. The van der Waals surface area contributed by atoms with Gasteiger partial charge in [-0.15, -0.1) is 0 Å². The second kappa shape index (κ2) is 13.8. The Labute approximate surface area is 168 Å². The van der Waals surface area contributed by atoms with Crippen molar-refractivity contribution in [3.63, 3.8) is 0 Å². The lowest BCUT2D eigenvalue weighted by atomic mass is 9.94. The molecule has 1 aromatic carbocycles. The number of hydrogen-bond donors (Lipinski definition) is 2. The zero-order chi connectivity index (χ0) is 20.8. The van der Waals surface area contributed by atoms with Crippen molar-refractivity contribution in [2.24, 2.45) is 11.7 Å². The molecule has 0 bridgehead atoms. The molecule has 0 aliphatic rings. The van der Waals surface area contributed by atoms with Crippen molar-refractivity contribution in [3.8, 4) is 0 Å². The normalized spacial score (nSPS) is 12.8. The van der Waals surface area contributed by atoms with Crippen molar-refractivity contribution < 1.29 is 19.1 Å². The average molecular weight is 391 g/mol. The molecule has 2 atom stereocenters. The maximum absolute atomic E-state index is 11.5. The fraction of sp³-hybridized carbons (Fsp3) is 0.545. The molecule has 2 unspecified atom stereocenters. The molecule has 28 heavy (non-hydrogen) atoms. The molecule has 0 aliphatic carbocycles. The standard InChI is InChI=1S/C22H34N2O4/c1-4-5-9-19(14-18-10-7-6-8-11-18)15-24-13-12-20(28-22(23)26)16-27-21(25)17(2)3/h6-8,10-11,19-20,24H,2,4-5,9,12-16H2,1,3H3,(H2,23,26). The number of nitrogens with two attached hydrogens (primary N) is 1. The summed E-state index contributed by atoms with van der Waals surface area (Å²) in [7, 11) is 0. The van der Waals surface area contributed by atoms with Crippen LogP contribution in [-0.2, 0) is 20.7 Å². The van der Waals surface area contributed by atoms with Gasteiger partial charge in [-0.1, -0.05) is 56.7 Å². The number of nitrogens with one attached hydrogen (secondary N) is 1. The monoisotopic (exact) mass is 390 g/mol. The van der Waals surface area contributed by atoms with E-state index >= 15 is 0 Å². The maximum atomic E-state index is 11.5. The van der Waals surface area contributed by atoms with E-state index in [4.69, 9.17) is 15.2 Å². The van der Waals surface area contributed by atoms with Gasteiger partial charge in [-0.25, -0.2) is 9.59 Å². The van der Waals surface area contributed by atoms with Crippen LogP contribution in [0.2, 0.25) is 0 Å². The third-order valence-electron chi connectivity index (χ3n) is 4.44. The summed E-state index contributed by atoms with van der Waals surface area (Å²) in [6.45, 7) is 8.78. The van der Waals surface area contributed by atoms with Crippen LogP contribution in [0.15, 0.2) is 42.5 Å². The van der Waals surface area contributed by atoms with E-state index in [1.54, 1.807) is 6.92 Å². The van der Waals surface area contributed by atoms with E-state index in [0.29, 0.717) is 24.5 Å². The summed E-state index contributed by atoms with van der Waals surface area (Å²) in [6, 6.07) is 10.5. The van der Waals surface area contributed by atoms with Crippen molar-refractivity contribution in [3.05, 3.63) is 48.0 Å². The number of unbranched alkanes of at least 4 members (excludes halogenated alkanes) is 1. The first kappa shape index (κ1) is 23.7. The van der Waals surface area contributed by atoms with E-state index in [2.05, 4.69) is 43.1 Å². The van der Waals surface area contributed by atoms with Crippen LogP contribution in [0.1, 0.15) is 45.1 Å². The van der Waals surface area contributed by atoms with Crippen LogP contribution in [0.5, 0.6) is 0 Å². The van der Waals surface area contributed by atoms with Crippen LogP contribution in [-0.4, -0.2) is 37.9 Å². The Hall–Kier alpha value is -2.34. The van der Waals surface area contributed by atoms with Gasteiger partial charge in [0.25, 0.3) is 0 Å². The van der Waals surface area contributed by atoms with Crippen molar-refractivity contribution >= 4 is 12.1 Å². The number of primary amides is 1. The van der Waals surface area contributed by atoms with Gasteiger partial charge in [0, 0.05) is 12.0 Å². The summed E-state index contributed by atoms with van der Waals surface area (Å²) in [5, 5.41) is 3.44. The SMILES string of the molecule is C=C(C)C(=O)OCC(CCNCC(CCCC)Cc1ccccc1)OC(N)=O. The maximum Gasteiger partial charge on any atom is 0.404 e. The molecule has 3 N–H and O–H groups in total. The van der Waals surface area contributed by atoms with Gasteiger partial charge in [0.1, 0.15) is 12.7 Å². The smallest absolute Gasteiger partial charge is 0.404 e. The summed E-state index contributed by atoms with van der Waals surface area (Å²) < 4.78 is 10.1. The van der Waals surface area contributed by atoms with Crippen LogP contribution < -0.4 is 11.1 Å². The fourth-order valence-corrected chi connectivity index (χ4v) is 2.92. The van der Waals surface area contributed by atoms with E-state index < -0.39 is 18.2 Å². The summed E-state index contributed by atoms with van der Waals surface area (Å²) in [4.78, 5) is 22.6. The predicted molar refractivity (Wildman–Crippen MR) is 111 cm³/mol. The summed E-state index contributed by atoms with van der Waals surface area (Å²) in [6.07, 6.45) is 3.63.